The zero-order valence-corrected chi connectivity index (χ0v) is 12.0. The molecule has 3 rings (SSSR count). The SMILES string of the molecule is CC1(C)OB(c2cc(C3COC3)ccn2)OC1(C)C. The average Bonchev–Trinajstić information content (AvgIpc) is 2.46. The van der Waals surface area contributed by atoms with Crippen molar-refractivity contribution in [3.8, 4) is 0 Å². The Balaban J connectivity index is 1.83. The smallest absolute Gasteiger partial charge is 0.398 e. The van der Waals surface area contributed by atoms with Crippen LogP contribution in [0.2, 0.25) is 0 Å². The average molecular weight is 261 g/mol. The van der Waals surface area contributed by atoms with Gasteiger partial charge < -0.3 is 14.0 Å². The minimum Gasteiger partial charge on any atom is -0.398 e. The maximum Gasteiger partial charge on any atom is 0.514 e. The first-order chi connectivity index (χ1) is 8.89. The molecule has 0 N–H and O–H groups in total. The summed E-state index contributed by atoms with van der Waals surface area (Å²) in [6, 6.07) is 4.12. The van der Waals surface area contributed by atoms with Crippen LogP contribution in [0, 0.1) is 0 Å². The highest BCUT2D eigenvalue weighted by Crippen LogP contribution is 2.36. The third-order valence-electron chi connectivity index (χ3n) is 4.41. The standard InChI is InChI=1S/C14H20BNO3/c1-13(2)14(3,4)19-15(18-13)12-7-10(5-6-16-12)11-8-17-9-11/h5-7,11H,8-9H2,1-4H3. The van der Waals surface area contributed by atoms with Crippen LogP contribution >= 0.6 is 0 Å². The van der Waals surface area contributed by atoms with E-state index in [4.69, 9.17) is 14.0 Å². The molecule has 102 valence electrons. The van der Waals surface area contributed by atoms with E-state index in [2.05, 4.69) is 38.7 Å². The summed E-state index contributed by atoms with van der Waals surface area (Å²) < 4.78 is 17.3. The summed E-state index contributed by atoms with van der Waals surface area (Å²) in [5.74, 6) is 0.490. The molecule has 0 aliphatic carbocycles. The molecule has 3 heterocycles. The van der Waals surface area contributed by atoms with Gasteiger partial charge >= 0.3 is 7.12 Å². The van der Waals surface area contributed by atoms with Gasteiger partial charge in [0.05, 0.1) is 30.0 Å². The van der Waals surface area contributed by atoms with Gasteiger partial charge in [-0.05, 0) is 45.4 Å². The third-order valence-corrected chi connectivity index (χ3v) is 4.41. The Bertz CT molecular complexity index is 469. The molecule has 0 unspecified atom stereocenters. The minimum atomic E-state index is -0.383. The second kappa shape index (κ2) is 4.30. The van der Waals surface area contributed by atoms with E-state index in [9.17, 15) is 0 Å². The van der Waals surface area contributed by atoms with Crippen LogP contribution in [-0.2, 0) is 14.0 Å². The number of aromatic nitrogens is 1. The highest BCUT2D eigenvalue weighted by molar-refractivity contribution is 6.61. The molecule has 2 fully saturated rings. The highest BCUT2D eigenvalue weighted by atomic mass is 16.7. The fourth-order valence-electron chi connectivity index (χ4n) is 2.24. The van der Waals surface area contributed by atoms with Gasteiger partial charge in [-0.25, -0.2) is 0 Å². The molecule has 1 aromatic rings. The summed E-state index contributed by atoms with van der Waals surface area (Å²) in [7, 11) is -0.383. The Morgan fingerprint density at radius 3 is 2.32 bits per heavy atom. The second-order valence-electron chi connectivity index (χ2n) is 6.34. The lowest BCUT2D eigenvalue weighted by molar-refractivity contribution is 0.00578. The van der Waals surface area contributed by atoms with Crippen molar-refractivity contribution in [3.05, 3.63) is 23.9 Å². The number of ether oxygens (including phenoxy) is 1. The first kappa shape index (κ1) is 13.1. The van der Waals surface area contributed by atoms with Crippen molar-refractivity contribution in [2.45, 2.75) is 44.8 Å². The van der Waals surface area contributed by atoms with Crippen molar-refractivity contribution in [1.29, 1.82) is 0 Å². The summed E-state index contributed by atoms with van der Waals surface area (Å²) in [5.41, 5.74) is 1.46. The monoisotopic (exact) mass is 261 g/mol. The highest BCUT2D eigenvalue weighted by Gasteiger charge is 2.52. The fraction of sp³-hybridized carbons (Fsp3) is 0.643. The van der Waals surface area contributed by atoms with E-state index < -0.39 is 0 Å². The Kier molecular flexibility index (Phi) is 2.96. The van der Waals surface area contributed by atoms with Crippen LogP contribution < -0.4 is 5.59 Å². The van der Waals surface area contributed by atoms with Crippen LogP contribution in [0.15, 0.2) is 18.3 Å². The first-order valence-corrected chi connectivity index (χ1v) is 6.78. The van der Waals surface area contributed by atoms with Gasteiger partial charge in [0, 0.05) is 12.1 Å². The van der Waals surface area contributed by atoms with Crippen molar-refractivity contribution >= 4 is 12.7 Å². The molecule has 19 heavy (non-hydrogen) atoms. The normalized spacial score (nSPS) is 25.4. The van der Waals surface area contributed by atoms with E-state index in [1.807, 2.05) is 12.3 Å². The number of rotatable bonds is 2. The lowest BCUT2D eigenvalue weighted by Gasteiger charge is -2.32. The van der Waals surface area contributed by atoms with Crippen molar-refractivity contribution < 1.29 is 14.0 Å². The maximum atomic E-state index is 6.02. The van der Waals surface area contributed by atoms with Crippen molar-refractivity contribution in [2.24, 2.45) is 0 Å². The van der Waals surface area contributed by atoms with Crippen LogP contribution in [0.4, 0.5) is 0 Å². The molecule has 0 spiro atoms. The van der Waals surface area contributed by atoms with Crippen molar-refractivity contribution in [3.63, 3.8) is 0 Å². The quantitative estimate of drug-likeness (QED) is 0.756. The molecule has 0 aromatic carbocycles. The van der Waals surface area contributed by atoms with E-state index in [0.717, 1.165) is 18.8 Å². The predicted molar refractivity (Wildman–Crippen MR) is 73.5 cm³/mol. The van der Waals surface area contributed by atoms with Gasteiger partial charge in [0.25, 0.3) is 0 Å². The lowest BCUT2D eigenvalue weighted by Crippen LogP contribution is -2.41. The molecule has 5 heteroatoms. The van der Waals surface area contributed by atoms with Crippen LogP contribution in [0.5, 0.6) is 0 Å². The van der Waals surface area contributed by atoms with E-state index in [-0.39, 0.29) is 18.3 Å². The van der Waals surface area contributed by atoms with Gasteiger partial charge in [-0.1, -0.05) is 0 Å². The summed E-state index contributed by atoms with van der Waals surface area (Å²) in [5, 5.41) is 0. The number of nitrogens with zero attached hydrogens (tertiary/aromatic N) is 1. The van der Waals surface area contributed by atoms with E-state index in [1.165, 1.54) is 5.56 Å². The van der Waals surface area contributed by atoms with Crippen molar-refractivity contribution in [2.75, 3.05) is 13.2 Å². The number of hydrogen-bond donors (Lipinski definition) is 0. The van der Waals surface area contributed by atoms with Gasteiger partial charge in [-0.2, -0.15) is 0 Å². The van der Waals surface area contributed by atoms with Gasteiger partial charge in [-0.15, -0.1) is 0 Å². The topological polar surface area (TPSA) is 40.6 Å². The molecule has 0 radical (unpaired) electrons. The Morgan fingerprint density at radius 1 is 1.16 bits per heavy atom. The zero-order chi connectivity index (χ0) is 13.7. The molecule has 2 aliphatic rings. The first-order valence-electron chi connectivity index (χ1n) is 6.78. The van der Waals surface area contributed by atoms with E-state index >= 15 is 0 Å². The van der Waals surface area contributed by atoms with E-state index in [1.54, 1.807) is 0 Å². The predicted octanol–water partition coefficient (Wildman–Crippen LogP) is 1.49. The molecule has 2 aliphatic heterocycles. The number of pyridine rings is 1. The molecular formula is C14H20BNO3. The summed E-state index contributed by atoms with van der Waals surface area (Å²) in [6.07, 6.45) is 1.83. The van der Waals surface area contributed by atoms with Gasteiger partial charge in [0.1, 0.15) is 0 Å². The van der Waals surface area contributed by atoms with Crippen LogP contribution in [-0.4, -0.2) is 36.5 Å². The minimum absolute atomic E-state index is 0.324. The Labute approximate surface area is 114 Å². The number of hydrogen-bond acceptors (Lipinski definition) is 4. The maximum absolute atomic E-state index is 6.02. The largest absolute Gasteiger partial charge is 0.514 e. The van der Waals surface area contributed by atoms with Crippen LogP contribution in [0.1, 0.15) is 39.2 Å². The van der Waals surface area contributed by atoms with Crippen molar-refractivity contribution in [1.82, 2.24) is 4.98 Å². The Morgan fingerprint density at radius 2 is 1.79 bits per heavy atom. The molecule has 0 bridgehead atoms. The van der Waals surface area contributed by atoms with Gasteiger partial charge in [-0.3, -0.25) is 4.98 Å². The molecule has 1 aromatic heterocycles. The molecule has 4 nitrogen and oxygen atoms in total. The second-order valence-corrected chi connectivity index (χ2v) is 6.34. The molecular weight excluding hydrogens is 241 g/mol. The Hall–Kier alpha value is -0.905. The van der Waals surface area contributed by atoms with Gasteiger partial charge in [0.2, 0.25) is 0 Å². The molecule has 0 saturated carbocycles. The van der Waals surface area contributed by atoms with Crippen LogP contribution in [0.25, 0.3) is 0 Å². The molecule has 2 saturated heterocycles. The molecule has 0 atom stereocenters. The summed E-state index contributed by atoms with van der Waals surface area (Å²) >= 11 is 0. The summed E-state index contributed by atoms with van der Waals surface area (Å²) in [4.78, 5) is 4.40. The third kappa shape index (κ3) is 2.20. The molecule has 0 amide bonds. The lowest BCUT2D eigenvalue weighted by atomic mass is 9.82. The fourth-order valence-corrected chi connectivity index (χ4v) is 2.24. The van der Waals surface area contributed by atoms with Gasteiger partial charge in [0.15, 0.2) is 0 Å². The van der Waals surface area contributed by atoms with Crippen LogP contribution in [0.3, 0.4) is 0 Å². The summed E-state index contributed by atoms with van der Waals surface area (Å²) in [6.45, 7) is 9.81. The van der Waals surface area contributed by atoms with E-state index in [0.29, 0.717) is 5.92 Å². The zero-order valence-electron chi connectivity index (χ0n) is 12.0.